The van der Waals surface area contributed by atoms with Gasteiger partial charge >= 0.3 is 0 Å². The topological polar surface area (TPSA) is 0 Å². The van der Waals surface area contributed by atoms with E-state index in [-0.39, 0.29) is 0 Å². The average Bonchev–Trinajstić information content (AvgIpc) is 3.28. The van der Waals surface area contributed by atoms with Gasteiger partial charge in [-0.1, -0.05) is 59.8 Å². The van der Waals surface area contributed by atoms with E-state index in [1.807, 2.05) is 0 Å². The maximum Gasteiger partial charge on any atom is -0.0128 e. The van der Waals surface area contributed by atoms with Crippen LogP contribution < -0.4 is 0 Å². The molecular weight excluding hydrogens is 264 g/mol. The molecule has 22 heavy (non-hydrogen) atoms. The monoisotopic (exact) mass is 300 g/mol. The van der Waals surface area contributed by atoms with E-state index in [2.05, 4.69) is 27.7 Å². The molecule has 0 aromatic carbocycles. The molecule has 0 radical (unpaired) electrons. The number of rotatable bonds is 9. The number of hydrogen-bond acceptors (Lipinski definition) is 0. The predicted octanol–water partition coefficient (Wildman–Crippen LogP) is 6.45. The Morgan fingerprint density at radius 1 is 0.955 bits per heavy atom. The second-order valence-electron chi connectivity index (χ2n) is 11.0. The molecule has 7 aliphatic carbocycles. The highest BCUT2D eigenvalue weighted by molar-refractivity contribution is 5.61. The van der Waals surface area contributed by atoms with Crippen LogP contribution >= 0.6 is 0 Å². The van der Waals surface area contributed by atoms with E-state index in [0.717, 1.165) is 39.4 Å². The zero-order valence-corrected chi connectivity index (χ0v) is 15.4. The Labute approximate surface area is 137 Å². The van der Waals surface area contributed by atoms with Gasteiger partial charge in [-0.05, 0) is 77.4 Å². The lowest BCUT2D eigenvalue weighted by atomic mass is 9.69. The quantitative estimate of drug-likeness (QED) is 0.429. The Bertz CT molecular complexity index is 500. The Morgan fingerprint density at radius 3 is 2.32 bits per heavy atom. The van der Waals surface area contributed by atoms with E-state index in [1.165, 1.54) is 31.6 Å². The molecule has 4 bridgehead atoms. The van der Waals surface area contributed by atoms with Crippen LogP contribution in [0.2, 0.25) is 0 Å². The summed E-state index contributed by atoms with van der Waals surface area (Å²) in [5.74, 6) is 4.39. The van der Waals surface area contributed by atoms with E-state index in [9.17, 15) is 0 Å². The summed E-state index contributed by atoms with van der Waals surface area (Å²) in [6.07, 6.45) is 15.5. The zero-order valence-electron chi connectivity index (χ0n) is 15.4. The maximum atomic E-state index is 2.65. The van der Waals surface area contributed by atoms with Crippen LogP contribution in [0.1, 0.15) is 91.9 Å². The number of hydrogen-bond donors (Lipinski definition) is 0. The van der Waals surface area contributed by atoms with Gasteiger partial charge in [0, 0.05) is 0 Å². The van der Waals surface area contributed by atoms with Crippen LogP contribution in [0.3, 0.4) is 0 Å². The van der Waals surface area contributed by atoms with Crippen molar-refractivity contribution in [2.75, 3.05) is 0 Å². The van der Waals surface area contributed by atoms with Crippen LogP contribution in [0.4, 0.5) is 0 Å². The van der Waals surface area contributed by atoms with Gasteiger partial charge in [0.15, 0.2) is 0 Å². The van der Waals surface area contributed by atoms with Crippen molar-refractivity contribution in [3.63, 3.8) is 0 Å². The van der Waals surface area contributed by atoms with E-state index < -0.39 is 0 Å². The predicted molar refractivity (Wildman–Crippen MR) is 92.6 cm³/mol. The normalized spacial score (nSPS) is 58.5. The molecule has 7 saturated carbocycles. The van der Waals surface area contributed by atoms with Crippen molar-refractivity contribution in [1.29, 1.82) is 0 Å². The molecule has 0 amide bonds. The molecule has 0 heteroatoms. The zero-order chi connectivity index (χ0) is 15.4. The van der Waals surface area contributed by atoms with Crippen molar-refractivity contribution in [1.82, 2.24) is 0 Å². The molecular formula is C22H36. The summed E-state index contributed by atoms with van der Waals surface area (Å²) in [6, 6.07) is 0. The highest BCUT2D eigenvalue weighted by Crippen LogP contribution is 3.19. The molecule has 0 aliphatic heterocycles. The van der Waals surface area contributed by atoms with E-state index in [1.54, 1.807) is 38.5 Å². The SMILES string of the molecule is CC(C)CCCCCC1CC1CCC12C3C4(C)CC1(C)C32C4. The molecule has 0 aromatic rings. The fourth-order valence-corrected chi connectivity index (χ4v) is 8.93. The summed E-state index contributed by atoms with van der Waals surface area (Å²) in [5, 5.41) is 0. The highest BCUT2D eigenvalue weighted by Gasteiger charge is 3.14. The fraction of sp³-hybridized carbons (Fsp3) is 1.00. The third-order valence-electron chi connectivity index (χ3n) is 9.58. The third kappa shape index (κ3) is 1.35. The van der Waals surface area contributed by atoms with Gasteiger partial charge in [-0.3, -0.25) is 0 Å². The third-order valence-corrected chi connectivity index (χ3v) is 9.58. The molecule has 7 atom stereocenters. The Kier molecular flexibility index (Phi) is 2.59. The van der Waals surface area contributed by atoms with Crippen LogP contribution in [0, 0.1) is 45.3 Å². The van der Waals surface area contributed by atoms with Gasteiger partial charge < -0.3 is 0 Å². The Balaban J connectivity index is 1.02. The van der Waals surface area contributed by atoms with Gasteiger partial charge in [0.25, 0.3) is 0 Å². The van der Waals surface area contributed by atoms with Crippen molar-refractivity contribution in [3.05, 3.63) is 0 Å². The molecule has 0 nitrogen and oxygen atoms in total. The first-order valence-corrected chi connectivity index (χ1v) is 10.4. The summed E-state index contributed by atoms with van der Waals surface area (Å²) in [5.41, 5.74) is 3.48. The second-order valence-corrected chi connectivity index (χ2v) is 11.0. The molecule has 0 aromatic heterocycles. The lowest BCUT2D eigenvalue weighted by Gasteiger charge is -2.35. The minimum absolute atomic E-state index is 0.814. The molecule has 0 N–H and O–H groups in total. The van der Waals surface area contributed by atoms with Gasteiger partial charge in [0.2, 0.25) is 0 Å². The first-order chi connectivity index (χ1) is 10.4. The van der Waals surface area contributed by atoms with Crippen LogP contribution in [-0.2, 0) is 0 Å². The molecule has 0 heterocycles. The fourth-order valence-electron chi connectivity index (χ4n) is 8.93. The lowest BCUT2D eigenvalue weighted by Crippen LogP contribution is -2.29. The summed E-state index contributed by atoms with van der Waals surface area (Å²) in [7, 11) is 0. The molecule has 7 aliphatic rings. The van der Waals surface area contributed by atoms with Crippen LogP contribution in [-0.4, -0.2) is 0 Å². The standard InChI is InChI=1S/C22H36/c1-15(2)8-6-5-7-9-16-12-17(16)10-11-21-18-19(3)13-20(21,4)22(18,21)14-19/h15-18H,5-14H2,1-4H3. The number of unbranched alkanes of at least 4 members (excludes halogenated alkanes) is 2. The summed E-state index contributed by atoms with van der Waals surface area (Å²) >= 11 is 0. The van der Waals surface area contributed by atoms with Gasteiger partial charge in [-0.2, -0.15) is 0 Å². The minimum atomic E-state index is 0.814. The van der Waals surface area contributed by atoms with Gasteiger partial charge in [0.05, 0.1) is 0 Å². The van der Waals surface area contributed by atoms with E-state index in [0.29, 0.717) is 0 Å². The van der Waals surface area contributed by atoms with Gasteiger partial charge in [0.1, 0.15) is 0 Å². The van der Waals surface area contributed by atoms with E-state index in [4.69, 9.17) is 0 Å². The largest absolute Gasteiger partial charge is 0.0628 e. The smallest absolute Gasteiger partial charge is 0.0128 e. The first-order valence-electron chi connectivity index (χ1n) is 10.4. The maximum absolute atomic E-state index is 2.65. The second kappa shape index (κ2) is 3.97. The first kappa shape index (κ1) is 14.4. The van der Waals surface area contributed by atoms with Crippen molar-refractivity contribution < 1.29 is 0 Å². The van der Waals surface area contributed by atoms with Crippen molar-refractivity contribution >= 4 is 0 Å². The van der Waals surface area contributed by atoms with Gasteiger partial charge in [-0.15, -0.1) is 0 Å². The molecule has 124 valence electrons. The van der Waals surface area contributed by atoms with Crippen molar-refractivity contribution in [2.45, 2.75) is 91.9 Å². The Morgan fingerprint density at radius 2 is 1.73 bits per heavy atom. The molecule has 7 unspecified atom stereocenters. The van der Waals surface area contributed by atoms with Crippen molar-refractivity contribution in [2.24, 2.45) is 45.3 Å². The molecule has 7 rings (SSSR count). The van der Waals surface area contributed by atoms with Crippen LogP contribution in [0.25, 0.3) is 0 Å². The summed E-state index contributed by atoms with van der Waals surface area (Å²) < 4.78 is 0. The lowest BCUT2D eigenvalue weighted by molar-refractivity contribution is 0.124. The van der Waals surface area contributed by atoms with Gasteiger partial charge in [-0.25, -0.2) is 0 Å². The van der Waals surface area contributed by atoms with Crippen molar-refractivity contribution in [3.8, 4) is 0 Å². The highest BCUT2D eigenvalue weighted by atomic mass is 15.2. The summed E-state index contributed by atoms with van der Waals surface area (Å²) in [4.78, 5) is 0. The summed E-state index contributed by atoms with van der Waals surface area (Å²) in [6.45, 7) is 9.97. The van der Waals surface area contributed by atoms with Crippen LogP contribution in [0.5, 0.6) is 0 Å². The molecule has 1 spiro atoms. The minimum Gasteiger partial charge on any atom is -0.0628 e. The average molecular weight is 301 g/mol. The molecule has 7 fully saturated rings. The van der Waals surface area contributed by atoms with E-state index >= 15 is 0 Å². The Hall–Kier alpha value is 0. The van der Waals surface area contributed by atoms with Crippen LogP contribution in [0.15, 0.2) is 0 Å². The molecule has 0 saturated heterocycles.